The van der Waals surface area contributed by atoms with Crippen LogP contribution in [0.15, 0.2) is 24.3 Å². The van der Waals surface area contributed by atoms with Crippen LogP contribution in [0.5, 0.6) is 0 Å². The smallest absolute Gasteiger partial charge is 0.251 e. The second-order valence-electron chi connectivity index (χ2n) is 7.17. The Morgan fingerprint density at radius 2 is 1.59 bits per heavy atom. The first-order chi connectivity index (χ1) is 10.5. The summed E-state index contributed by atoms with van der Waals surface area (Å²) in [5, 5.41) is 3.18. The van der Waals surface area contributed by atoms with Crippen molar-refractivity contribution in [3.63, 3.8) is 0 Å². The second-order valence-corrected chi connectivity index (χ2v) is 7.17. The first-order valence-corrected chi connectivity index (χ1v) is 8.59. The number of rotatable bonds is 6. The van der Waals surface area contributed by atoms with E-state index < -0.39 is 0 Å². The summed E-state index contributed by atoms with van der Waals surface area (Å²) in [6.07, 6.45) is 2.62. The lowest BCUT2D eigenvalue weighted by Crippen LogP contribution is -2.42. The maximum absolute atomic E-state index is 12.4. The molecule has 1 aromatic carbocycles. The first-order valence-electron chi connectivity index (χ1n) is 8.59. The van der Waals surface area contributed by atoms with Crippen LogP contribution in [0.4, 0.5) is 0 Å². The van der Waals surface area contributed by atoms with Crippen molar-refractivity contribution in [2.24, 2.45) is 11.8 Å². The van der Waals surface area contributed by atoms with Crippen LogP contribution in [0.3, 0.4) is 0 Å². The molecule has 1 saturated heterocycles. The van der Waals surface area contributed by atoms with Gasteiger partial charge in [-0.05, 0) is 55.5 Å². The third-order valence-corrected chi connectivity index (χ3v) is 4.56. The summed E-state index contributed by atoms with van der Waals surface area (Å²) >= 11 is 0. The zero-order chi connectivity index (χ0) is 16.1. The van der Waals surface area contributed by atoms with Crippen LogP contribution in [0.25, 0.3) is 0 Å². The molecule has 0 bridgehead atoms. The summed E-state index contributed by atoms with van der Waals surface area (Å²) in [4.78, 5) is 14.9. The van der Waals surface area contributed by atoms with Crippen LogP contribution in [-0.4, -0.2) is 29.9 Å². The highest BCUT2D eigenvalue weighted by Crippen LogP contribution is 2.15. The Morgan fingerprint density at radius 1 is 1.05 bits per heavy atom. The number of hydrogen-bond donors (Lipinski definition) is 1. The molecular weight excluding hydrogens is 272 g/mol. The summed E-state index contributed by atoms with van der Waals surface area (Å²) in [5.74, 6) is 0.928. The minimum atomic E-state index is 0.0418. The average Bonchev–Trinajstić information content (AvgIpc) is 2.97. The maximum Gasteiger partial charge on any atom is 0.251 e. The molecule has 1 heterocycles. The van der Waals surface area contributed by atoms with Crippen LogP contribution >= 0.6 is 0 Å². The van der Waals surface area contributed by atoms with Crippen molar-refractivity contribution in [3.8, 4) is 0 Å². The number of carbonyl (C=O) groups excluding carboxylic acids is 1. The van der Waals surface area contributed by atoms with Gasteiger partial charge in [0.2, 0.25) is 0 Å². The third-order valence-electron chi connectivity index (χ3n) is 4.56. The van der Waals surface area contributed by atoms with Crippen molar-refractivity contribution in [1.29, 1.82) is 0 Å². The zero-order valence-electron chi connectivity index (χ0n) is 14.4. The quantitative estimate of drug-likeness (QED) is 0.869. The van der Waals surface area contributed by atoms with Crippen molar-refractivity contribution in [2.75, 3.05) is 13.1 Å². The molecule has 3 nitrogen and oxygen atoms in total. The summed E-state index contributed by atoms with van der Waals surface area (Å²) in [7, 11) is 0. The van der Waals surface area contributed by atoms with Gasteiger partial charge in [-0.1, -0.05) is 39.8 Å². The average molecular weight is 302 g/mol. The standard InChI is InChI=1S/C19H30N2O/c1-14(2)18(15(3)4)20-19(22)17-9-7-16(8-10-17)13-21-11-5-6-12-21/h7-10,14-15,18H,5-6,11-13H2,1-4H3,(H,20,22). The van der Waals surface area contributed by atoms with E-state index in [1.807, 2.05) is 12.1 Å². The Labute approximate surface area is 135 Å². The van der Waals surface area contributed by atoms with Crippen molar-refractivity contribution in [1.82, 2.24) is 10.2 Å². The highest BCUT2D eigenvalue weighted by atomic mass is 16.1. The molecule has 0 unspecified atom stereocenters. The van der Waals surface area contributed by atoms with Gasteiger partial charge < -0.3 is 5.32 Å². The monoisotopic (exact) mass is 302 g/mol. The van der Waals surface area contributed by atoms with Gasteiger partial charge >= 0.3 is 0 Å². The summed E-state index contributed by atoms with van der Waals surface area (Å²) in [6.45, 7) is 12.0. The lowest BCUT2D eigenvalue weighted by molar-refractivity contribution is 0.0910. The highest BCUT2D eigenvalue weighted by molar-refractivity contribution is 5.94. The minimum absolute atomic E-state index is 0.0418. The summed E-state index contributed by atoms with van der Waals surface area (Å²) in [5.41, 5.74) is 2.05. The topological polar surface area (TPSA) is 32.3 Å². The third kappa shape index (κ3) is 4.57. The lowest BCUT2D eigenvalue weighted by Gasteiger charge is -2.26. The second kappa shape index (κ2) is 7.77. The van der Waals surface area contributed by atoms with Gasteiger partial charge in [0, 0.05) is 18.2 Å². The molecule has 1 fully saturated rings. The number of nitrogens with zero attached hydrogens (tertiary/aromatic N) is 1. The van der Waals surface area contributed by atoms with Crippen LogP contribution in [-0.2, 0) is 6.54 Å². The molecule has 22 heavy (non-hydrogen) atoms. The van der Waals surface area contributed by atoms with E-state index in [2.05, 4.69) is 50.0 Å². The van der Waals surface area contributed by atoms with E-state index in [9.17, 15) is 4.79 Å². The first kappa shape index (κ1) is 17.0. The molecule has 1 amide bonds. The number of nitrogens with one attached hydrogen (secondary N) is 1. The van der Waals surface area contributed by atoms with Gasteiger partial charge in [-0.3, -0.25) is 9.69 Å². The summed E-state index contributed by atoms with van der Waals surface area (Å²) in [6, 6.07) is 8.31. The molecule has 1 aliphatic heterocycles. The highest BCUT2D eigenvalue weighted by Gasteiger charge is 2.20. The molecule has 1 aromatic rings. The Kier molecular flexibility index (Phi) is 6.01. The van der Waals surface area contributed by atoms with Crippen molar-refractivity contribution in [2.45, 2.75) is 53.1 Å². The predicted molar refractivity (Wildman–Crippen MR) is 91.9 cm³/mol. The Hall–Kier alpha value is -1.35. The number of hydrogen-bond acceptors (Lipinski definition) is 2. The Balaban J connectivity index is 1.95. The molecule has 0 radical (unpaired) electrons. The molecule has 3 heteroatoms. The van der Waals surface area contributed by atoms with E-state index in [1.165, 1.54) is 31.5 Å². The molecule has 0 spiro atoms. The largest absolute Gasteiger partial charge is 0.349 e. The Bertz CT molecular complexity index is 465. The van der Waals surface area contributed by atoms with Gasteiger partial charge in [0.05, 0.1) is 0 Å². The minimum Gasteiger partial charge on any atom is -0.349 e. The summed E-state index contributed by atoms with van der Waals surface area (Å²) < 4.78 is 0. The fourth-order valence-corrected chi connectivity index (χ4v) is 3.30. The molecule has 0 saturated carbocycles. The van der Waals surface area contributed by atoms with E-state index in [1.54, 1.807) is 0 Å². The molecule has 1 N–H and O–H groups in total. The van der Waals surface area contributed by atoms with E-state index >= 15 is 0 Å². The van der Waals surface area contributed by atoms with Crippen molar-refractivity contribution < 1.29 is 4.79 Å². The fraction of sp³-hybridized carbons (Fsp3) is 0.632. The van der Waals surface area contributed by atoms with Gasteiger partial charge in [-0.25, -0.2) is 0 Å². The molecule has 0 aliphatic carbocycles. The van der Waals surface area contributed by atoms with E-state index in [4.69, 9.17) is 0 Å². The van der Waals surface area contributed by atoms with E-state index in [0.717, 1.165) is 12.1 Å². The molecule has 2 rings (SSSR count). The molecule has 0 atom stereocenters. The molecule has 122 valence electrons. The van der Waals surface area contributed by atoms with E-state index in [-0.39, 0.29) is 11.9 Å². The van der Waals surface area contributed by atoms with Gasteiger partial charge in [-0.15, -0.1) is 0 Å². The number of carbonyl (C=O) groups is 1. The molecule has 1 aliphatic rings. The number of benzene rings is 1. The predicted octanol–water partition coefficient (Wildman–Crippen LogP) is 3.69. The zero-order valence-corrected chi connectivity index (χ0v) is 14.4. The maximum atomic E-state index is 12.4. The Morgan fingerprint density at radius 3 is 2.09 bits per heavy atom. The van der Waals surface area contributed by atoms with Gasteiger partial charge in [0.15, 0.2) is 0 Å². The van der Waals surface area contributed by atoms with Crippen LogP contribution in [0.1, 0.15) is 56.5 Å². The molecular formula is C19H30N2O. The van der Waals surface area contributed by atoms with Gasteiger partial charge in [0.1, 0.15) is 0 Å². The van der Waals surface area contributed by atoms with Gasteiger partial charge in [-0.2, -0.15) is 0 Å². The van der Waals surface area contributed by atoms with Crippen molar-refractivity contribution >= 4 is 5.91 Å². The number of amides is 1. The van der Waals surface area contributed by atoms with Crippen LogP contribution in [0, 0.1) is 11.8 Å². The lowest BCUT2D eigenvalue weighted by atomic mass is 9.93. The molecule has 0 aromatic heterocycles. The van der Waals surface area contributed by atoms with Crippen LogP contribution in [0.2, 0.25) is 0 Å². The van der Waals surface area contributed by atoms with Crippen molar-refractivity contribution in [3.05, 3.63) is 35.4 Å². The van der Waals surface area contributed by atoms with Gasteiger partial charge in [0.25, 0.3) is 5.91 Å². The fourth-order valence-electron chi connectivity index (χ4n) is 3.30. The number of likely N-dealkylation sites (tertiary alicyclic amines) is 1. The normalized spacial score (nSPS) is 16.0. The SMILES string of the molecule is CC(C)C(NC(=O)c1ccc(CN2CCCC2)cc1)C(C)C. The van der Waals surface area contributed by atoms with Crippen LogP contribution < -0.4 is 5.32 Å². The van der Waals surface area contributed by atoms with E-state index in [0.29, 0.717) is 11.8 Å².